The average molecular weight is 484 g/mol. The van der Waals surface area contributed by atoms with Gasteiger partial charge in [-0.05, 0) is 79.9 Å². The van der Waals surface area contributed by atoms with Gasteiger partial charge in [0.15, 0.2) is 0 Å². The summed E-state index contributed by atoms with van der Waals surface area (Å²) in [5.74, 6) is 0. The molecule has 0 saturated carbocycles. The summed E-state index contributed by atoms with van der Waals surface area (Å²) < 4.78 is 0. The van der Waals surface area contributed by atoms with E-state index in [9.17, 15) is 0 Å². The molecule has 8 rings (SSSR count). The van der Waals surface area contributed by atoms with Gasteiger partial charge in [0.05, 0.1) is 5.41 Å². The van der Waals surface area contributed by atoms with Crippen molar-refractivity contribution in [3.05, 3.63) is 168 Å². The van der Waals surface area contributed by atoms with Crippen molar-refractivity contribution < 1.29 is 0 Å². The molecule has 1 heteroatoms. The van der Waals surface area contributed by atoms with Crippen molar-refractivity contribution in [2.75, 3.05) is 5.32 Å². The molecule has 0 aromatic heterocycles. The van der Waals surface area contributed by atoms with Crippen LogP contribution in [0.4, 0.5) is 11.4 Å². The summed E-state index contributed by atoms with van der Waals surface area (Å²) in [5.41, 5.74) is 14.8. The van der Waals surface area contributed by atoms with Crippen LogP contribution in [0.5, 0.6) is 0 Å². The van der Waals surface area contributed by atoms with Gasteiger partial charge in [-0.15, -0.1) is 0 Å². The van der Waals surface area contributed by atoms with Crippen molar-refractivity contribution in [2.45, 2.75) is 5.41 Å². The highest BCUT2D eigenvalue weighted by Crippen LogP contribution is 2.61. The number of benzene rings is 6. The van der Waals surface area contributed by atoms with Crippen molar-refractivity contribution in [1.82, 2.24) is 0 Å². The van der Waals surface area contributed by atoms with Crippen LogP contribution in [0.3, 0.4) is 0 Å². The number of rotatable bonds is 2. The Hall–Kier alpha value is -4.88. The van der Waals surface area contributed by atoms with Crippen LogP contribution in [0.2, 0.25) is 0 Å². The van der Waals surface area contributed by atoms with Crippen LogP contribution in [-0.2, 0) is 5.41 Å². The first-order valence-corrected chi connectivity index (χ1v) is 13.2. The molecule has 1 nitrogen and oxygen atoms in total. The summed E-state index contributed by atoms with van der Waals surface area (Å²) >= 11 is 0. The predicted octanol–water partition coefficient (Wildman–Crippen LogP) is 9.44. The van der Waals surface area contributed by atoms with Gasteiger partial charge in [-0.25, -0.2) is 0 Å². The van der Waals surface area contributed by atoms with Gasteiger partial charge in [-0.3, -0.25) is 0 Å². The van der Waals surface area contributed by atoms with E-state index in [4.69, 9.17) is 0 Å². The lowest BCUT2D eigenvalue weighted by atomic mass is 9.64. The van der Waals surface area contributed by atoms with E-state index in [0.29, 0.717) is 0 Å². The lowest BCUT2D eigenvalue weighted by Crippen LogP contribution is -2.33. The summed E-state index contributed by atoms with van der Waals surface area (Å²) in [6, 6.07) is 53.2. The fourth-order valence-corrected chi connectivity index (χ4v) is 6.65. The smallest absolute Gasteiger partial charge is 0.0754 e. The molecule has 1 heterocycles. The van der Waals surface area contributed by atoms with E-state index in [1.54, 1.807) is 0 Å². The normalized spacial score (nSPS) is 13.7. The third-order valence-corrected chi connectivity index (χ3v) is 8.28. The highest BCUT2D eigenvalue weighted by molar-refractivity contribution is 5.94. The van der Waals surface area contributed by atoms with E-state index in [-0.39, 0.29) is 0 Å². The number of hydrogen-bond acceptors (Lipinski definition) is 1. The summed E-state index contributed by atoms with van der Waals surface area (Å²) in [7, 11) is 0. The summed E-state index contributed by atoms with van der Waals surface area (Å²) in [4.78, 5) is 0. The Labute approximate surface area is 223 Å². The highest BCUT2D eigenvalue weighted by Gasteiger charge is 2.50. The van der Waals surface area contributed by atoms with Gasteiger partial charge in [-0.1, -0.05) is 121 Å². The van der Waals surface area contributed by atoms with Crippen LogP contribution < -0.4 is 5.32 Å². The number of hydrogen-bond donors (Lipinski definition) is 1. The molecule has 0 atom stereocenters. The van der Waals surface area contributed by atoms with Crippen molar-refractivity contribution in [1.29, 1.82) is 0 Å². The van der Waals surface area contributed by atoms with E-state index >= 15 is 0 Å². The molecule has 0 saturated heterocycles. The Balaban J connectivity index is 1.51. The van der Waals surface area contributed by atoms with Crippen LogP contribution in [0.25, 0.3) is 33.4 Å². The zero-order valence-corrected chi connectivity index (χ0v) is 20.9. The molecule has 1 N–H and O–H groups in total. The first-order valence-electron chi connectivity index (χ1n) is 13.2. The summed E-state index contributed by atoms with van der Waals surface area (Å²) in [6.45, 7) is 0. The van der Waals surface area contributed by atoms with Crippen molar-refractivity contribution >= 4 is 11.4 Å². The molecule has 0 bridgehead atoms. The standard InChI is InChI=1S/C37H25N/c1-3-11-25(12-4-1)27-19-21-29-30-22-20-28(26-13-5-2-6-14-26)24-34(30)37(33(29)23-27)31-15-7-9-17-35(31)38-36-18-10-8-16-32(36)37/h1-24,38H. The van der Waals surface area contributed by atoms with Crippen molar-refractivity contribution in [3.8, 4) is 33.4 Å². The fourth-order valence-electron chi connectivity index (χ4n) is 6.65. The van der Waals surface area contributed by atoms with Crippen LogP contribution in [0, 0.1) is 0 Å². The number of fused-ring (bicyclic) bond motifs is 9. The number of anilines is 2. The zero-order valence-electron chi connectivity index (χ0n) is 20.9. The van der Waals surface area contributed by atoms with Gasteiger partial charge in [0.1, 0.15) is 0 Å². The van der Waals surface area contributed by atoms with Gasteiger partial charge >= 0.3 is 0 Å². The molecule has 1 aliphatic carbocycles. The maximum Gasteiger partial charge on any atom is 0.0754 e. The summed E-state index contributed by atoms with van der Waals surface area (Å²) in [5, 5.41) is 3.75. The third kappa shape index (κ3) is 2.87. The molecule has 178 valence electrons. The Morgan fingerprint density at radius 2 is 0.763 bits per heavy atom. The van der Waals surface area contributed by atoms with E-state index in [2.05, 4.69) is 151 Å². The zero-order chi connectivity index (χ0) is 25.1. The van der Waals surface area contributed by atoms with Crippen molar-refractivity contribution in [2.24, 2.45) is 0 Å². The van der Waals surface area contributed by atoms with E-state index in [1.165, 1.54) is 67.0 Å². The number of nitrogens with one attached hydrogen (secondary N) is 1. The molecule has 38 heavy (non-hydrogen) atoms. The molecule has 2 aliphatic rings. The first-order chi connectivity index (χ1) is 18.8. The highest BCUT2D eigenvalue weighted by atomic mass is 14.9. The van der Waals surface area contributed by atoms with E-state index in [0.717, 1.165) is 0 Å². The molecule has 0 unspecified atom stereocenters. The number of para-hydroxylation sites is 2. The minimum Gasteiger partial charge on any atom is -0.355 e. The average Bonchev–Trinajstić information content (AvgIpc) is 3.28. The van der Waals surface area contributed by atoms with Crippen molar-refractivity contribution in [3.63, 3.8) is 0 Å². The molecular formula is C37H25N. The molecule has 6 aromatic rings. The maximum atomic E-state index is 3.75. The lowest BCUT2D eigenvalue weighted by molar-refractivity contribution is 0.764. The molecule has 0 radical (unpaired) electrons. The Kier molecular flexibility index (Phi) is 4.50. The summed E-state index contributed by atoms with van der Waals surface area (Å²) in [6.07, 6.45) is 0. The quantitative estimate of drug-likeness (QED) is 0.258. The predicted molar refractivity (Wildman–Crippen MR) is 158 cm³/mol. The molecule has 6 aromatic carbocycles. The second-order valence-corrected chi connectivity index (χ2v) is 10.2. The topological polar surface area (TPSA) is 12.0 Å². The molecule has 1 aliphatic heterocycles. The SMILES string of the molecule is c1ccc(-c2ccc3c(c2)C2(c4ccccc4Nc4ccccc42)c2cc(-c4ccccc4)ccc2-3)cc1. The van der Waals surface area contributed by atoms with Gasteiger partial charge in [0.2, 0.25) is 0 Å². The second-order valence-electron chi connectivity index (χ2n) is 10.2. The van der Waals surface area contributed by atoms with Gasteiger partial charge in [0, 0.05) is 11.4 Å². The van der Waals surface area contributed by atoms with Gasteiger partial charge in [0.25, 0.3) is 0 Å². The van der Waals surface area contributed by atoms with Gasteiger partial charge < -0.3 is 5.32 Å². The Bertz CT molecular complexity index is 1700. The van der Waals surface area contributed by atoms with Crippen LogP contribution >= 0.6 is 0 Å². The fraction of sp³-hybridized carbons (Fsp3) is 0.0270. The minimum absolute atomic E-state index is 0.418. The van der Waals surface area contributed by atoms with E-state index in [1.807, 2.05) is 0 Å². The first kappa shape index (κ1) is 21.2. The lowest BCUT2D eigenvalue weighted by Gasteiger charge is -2.40. The molecular weight excluding hydrogens is 458 g/mol. The minimum atomic E-state index is -0.418. The Morgan fingerprint density at radius 3 is 1.24 bits per heavy atom. The molecule has 0 fully saturated rings. The second kappa shape index (κ2) is 8.06. The maximum absolute atomic E-state index is 3.75. The van der Waals surface area contributed by atoms with Crippen LogP contribution in [0.15, 0.2) is 146 Å². The van der Waals surface area contributed by atoms with E-state index < -0.39 is 5.41 Å². The van der Waals surface area contributed by atoms with Crippen LogP contribution in [-0.4, -0.2) is 0 Å². The molecule has 0 amide bonds. The molecule has 1 spiro atoms. The largest absolute Gasteiger partial charge is 0.355 e. The monoisotopic (exact) mass is 483 g/mol. The third-order valence-electron chi connectivity index (χ3n) is 8.28. The van der Waals surface area contributed by atoms with Crippen LogP contribution in [0.1, 0.15) is 22.3 Å². The Morgan fingerprint density at radius 1 is 0.342 bits per heavy atom. The van der Waals surface area contributed by atoms with Gasteiger partial charge in [-0.2, -0.15) is 0 Å².